The molecular weight excluding hydrogens is 385 g/mol. The van der Waals surface area contributed by atoms with Crippen LogP contribution in [-0.4, -0.2) is 6.10 Å². The fourth-order valence-corrected chi connectivity index (χ4v) is 2.92. The van der Waals surface area contributed by atoms with E-state index in [1.165, 1.54) is 12.8 Å². The zero-order chi connectivity index (χ0) is 14.1. The van der Waals surface area contributed by atoms with Crippen molar-refractivity contribution in [3.05, 3.63) is 62.2 Å². The maximum Gasteiger partial charge on any atom is 0.119 e. The van der Waals surface area contributed by atoms with Crippen molar-refractivity contribution >= 4 is 34.2 Å². The van der Waals surface area contributed by atoms with Gasteiger partial charge in [-0.1, -0.05) is 23.7 Å². The third kappa shape index (κ3) is 3.27. The van der Waals surface area contributed by atoms with Crippen LogP contribution in [0.25, 0.3) is 0 Å². The number of ether oxygens (including phenoxy) is 1. The van der Waals surface area contributed by atoms with Gasteiger partial charge in [0.25, 0.3) is 0 Å². The summed E-state index contributed by atoms with van der Waals surface area (Å²) in [5, 5.41) is 0.713. The molecule has 0 amide bonds. The molecule has 2 N–H and O–H groups in total. The lowest BCUT2D eigenvalue weighted by Gasteiger charge is -2.15. The number of hydrogen-bond acceptors (Lipinski definition) is 2. The minimum Gasteiger partial charge on any atom is -0.490 e. The molecule has 1 saturated carbocycles. The highest BCUT2D eigenvalue weighted by Gasteiger charge is 2.23. The number of rotatable bonds is 4. The van der Waals surface area contributed by atoms with Gasteiger partial charge in [-0.2, -0.15) is 0 Å². The molecule has 2 aromatic rings. The van der Waals surface area contributed by atoms with Crippen LogP contribution >= 0.6 is 34.2 Å². The van der Waals surface area contributed by atoms with Crippen molar-refractivity contribution in [2.75, 3.05) is 0 Å². The first-order chi connectivity index (χ1) is 9.63. The Bertz CT molecular complexity index is 610. The zero-order valence-corrected chi connectivity index (χ0v) is 13.8. The molecule has 2 nitrogen and oxygen atoms in total. The molecular formula is C16H15ClINO. The van der Waals surface area contributed by atoms with Crippen LogP contribution in [0.5, 0.6) is 5.75 Å². The second-order valence-corrected chi connectivity index (χ2v) is 6.63. The Kier molecular flexibility index (Phi) is 4.19. The van der Waals surface area contributed by atoms with Gasteiger partial charge in [-0.15, -0.1) is 0 Å². The van der Waals surface area contributed by atoms with Gasteiger partial charge in [0, 0.05) is 8.59 Å². The largest absolute Gasteiger partial charge is 0.490 e. The Morgan fingerprint density at radius 2 is 1.85 bits per heavy atom. The van der Waals surface area contributed by atoms with E-state index in [1.54, 1.807) is 0 Å². The Morgan fingerprint density at radius 3 is 2.50 bits per heavy atom. The summed E-state index contributed by atoms with van der Waals surface area (Å²) in [4.78, 5) is 0. The smallest absolute Gasteiger partial charge is 0.119 e. The van der Waals surface area contributed by atoms with Gasteiger partial charge < -0.3 is 10.5 Å². The molecule has 2 aromatic carbocycles. The van der Waals surface area contributed by atoms with Crippen LogP contribution in [0.3, 0.4) is 0 Å². The van der Waals surface area contributed by atoms with Crippen molar-refractivity contribution in [3.8, 4) is 5.75 Å². The summed E-state index contributed by atoms with van der Waals surface area (Å²) in [5.74, 6) is 0.921. The Morgan fingerprint density at radius 1 is 1.15 bits per heavy atom. The number of hydrogen-bond donors (Lipinski definition) is 1. The van der Waals surface area contributed by atoms with Crippen LogP contribution in [0.4, 0.5) is 0 Å². The molecule has 1 fully saturated rings. The SMILES string of the molecule is NC(c1ccc(OC2CC2)cc1)c1cc(Cl)ccc1I. The molecule has 4 heteroatoms. The topological polar surface area (TPSA) is 35.2 Å². The first-order valence-corrected chi connectivity index (χ1v) is 8.06. The molecule has 20 heavy (non-hydrogen) atoms. The van der Waals surface area contributed by atoms with Crippen LogP contribution < -0.4 is 10.5 Å². The highest BCUT2D eigenvalue weighted by molar-refractivity contribution is 14.1. The summed E-state index contributed by atoms with van der Waals surface area (Å²) in [7, 11) is 0. The fourth-order valence-electron chi connectivity index (χ4n) is 2.06. The minimum absolute atomic E-state index is 0.171. The highest BCUT2D eigenvalue weighted by atomic mass is 127. The van der Waals surface area contributed by atoms with E-state index < -0.39 is 0 Å². The van der Waals surface area contributed by atoms with Crippen molar-refractivity contribution in [2.24, 2.45) is 5.73 Å². The quantitative estimate of drug-likeness (QED) is 0.767. The summed E-state index contributed by atoms with van der Waals surface area (Å²) >= 11 is 8.35. The molecule has 0 heterocycles. The Balaban J connectivity index is 1.81. The summed E-state index contributed by atoms with van der Waals surface area (Å²) in [5.41, 5.74) is 8.46. The second-order valence-electron chi connectivity index (χ2n) is 5.03. The predicted molar refractivity (Wildman–Crippen MR) is 90.3 cm³/mol. The molecule has 0 aromatic heterocycles. The standard InChI is InChI=1S/C16H15ClINO/c17-11-3-8-15(18)14(9-11)16(19)10-1-4-12(5-2-10)20-13-6-7-13/h1-5,8-9,13,16H,6-7,19H2. The molecule has 1 aliphatic rings. The van der Waals surface area contributed by atoms with Gasteiger partial charge in [0.15, 0.2) is 0 Å². The second kappa shape index (κ2) is 5.92. The summed E-state index contributed by atoms with van der Waals surface area (Å²) in [6.07, 6.45) is 2.76. The molecule has 0 saturated heterocycles. The summed E-state index contributed by atoms with van der Waals surface area (Å²) < 4.78 is 6.87. The fraction of sp³-hybridized carbons (Fsp3) is 0.250. The van der Waals surface area contributed by atoms with E-state index in [2.05, 4.69) is 22.6 Å². The minimum atomic E-state index is -0.171. The van der Waals surface area contributed by atoms with Gasteiger partial charge in [-0.05, 0) is 76.9 Å². The maximum atomic E-state index is 6.35. The molecule has 1 unspecified atom stereocenters. The van der Waals surface area contributed by atoms with E-state index in [1.807, 2.05) is 42.5 Å². The lowest BCUT2D eigenvalue weighted by molar-refractivity contribution is 0.303. The zero-order valence-electron chi connectivity index (χ0n) is 10.9. The summed E-state index contributed by atoms with van der Waals surface area (Å²) in [6, 6.07) is 13.7. The van der Waals surface area contributed by atoms with Crippen molar-refractivity contribution in [1.29, 1.82) is 0 Å². The number of benzene rings is 2. The van der Waals surface area contributed by atoms with Crippen molar-refractivity contribution in [1.82, 2.24) is 0 Å². The highest BCUT2D eigenvalue weighted by Crippen LogP contribution is 2.30. The van der Waals surface area contributed by atoms with Crippen LogP contribution in [0, 0.1) is 3.57 Å². The van der Waals surface area contributed by atoms with E-state index in [0.717, 1.165) is 20.4 Å². The van der Waals surface area contributed by atoms with E-state index in [4.69, 9.17) is 22.1 Å². The average molecular weight is 400 g/mol. The molecule has 0 aliphatic heterocycles. The first-order valence-electron chi connectivity index (χ1n) is 6.60. The molecule has 0 spiro atoms. The molecule has 0 bridgehead atoms. The molecule has 104 valence electrons. The van der Waals surface area contributed by atoms with Crippen LogP contribution in [0.2, 0.25) is 5.02 Å². The van der Waals surface area contributed by atoms with E-state index >= 15 is 0 Å². The van der Waals surface area contributed by atoms with Gasteiger partial charge in [-0.3, -0.25) is 0 Å². The monoisotopic (exact) mass is 399 g/mol. The molecule has 1 atom stereocenters. The van der Waals surface area contributed by atoms with Gasteiger partial charge in [0.1, 0.15) is 5.75 Å². The maximum absolute atomic E-state index is 6.35. The lowest BCUT2D eigenvalue weighted by Crippen LogP contribution is -2.13. The average Bonchev–Trinajstić information content (AvgIpc) is 3.26. The number of nitrogens with two attached hydrogens (primary N) is 1. The first kappa shape index (κ1) is 14.2. The Labute approximate surface area is 137 Å². The summed E-state index contributed by atoms with van der Waals surface area (Å²) in [6.45, 7) is 0. The van der Waals surface area contributed by atoms with Crippen molar-refractivity contribution in [3.63, 3.8) is 0 Å². The van der Waals surface area contributed by atoms with Crippen LogP contribution in [-0.2, 0) is 0 Å². The normalized spacial score (nSPS) is 15.9. The number of halogens is 2. The van der Waals surface area contributed by atoms with E-state index in [0.29, 0.717) is 11.1 Å². The van der Waals surface area contributed by atoms with Crippen LogP contribution in [0.1, 0.15) is 30.0 Å². The predicted octanol–water partition coefficient (Wildman–Crippen LogP) is 4.53. The van der Waals surface area contributed by atoms with Gasteiger partial charge in [0.2, 0.25) is 0 Å². The van der Waals surface area contributed by atoms with Gasteiger partial charge >= 0.3 is 0 Å². The lowest BCUT2D eigenvalue weighted by atomic mass is 10.00. The third-order valence-corrected chi connectivity index (χ3v) is 4.58. The van der Waals surface area contributed by atoms with Gasteiger partial charge in [0.05, 0.1) is 12.1 Å². The van der Waals surface area contributed by atoms with E-state index in [-0.39, 0.29) is 6.04 Å². The molecule has 3 rings (SSSR count). The third-order valence-electron chi connectivity index (χ3n) is 3.36. The van der Waals surface area contributed by atoms with Crippen molar-refractivity contribution in [2.45, 2.75) is 25.0 Å². The van der Waals surface area contributed by atoms with Gasteiger partial charge in [-0.25, -0.2) is 0 Å². The van der Waals surface area contributed by atoms with Crippen LogP contribution in [0.15, 0.2) is 42.5 Å². The van der Waals surface area contributed by atoms with E-state index in [9.17, 15) is 0 Å². The molecule has 0 radical (unpaired) electrons. The van der Waals surface area contributed by atoms with Crippen molar-refractivity contribution < 1.29 is 4.74 Å². The molecule has 1 aliphatic carbocycles. The Hall–Kier alpha value is -0.780.